The Labute approximate surface area is 130 Å². The number of hydrogen-bond acceptors (Lipinski definition) is 2. The lowest BCUT2D eigenvalue weighted by Crippen LogP contribution is -2.31. The summed E-state index contributed by atoms with van der Waals surface area (Å²) in [6.45, 7) is 3.98. The van der Waals surface area contributed by atoms with Crippen LogP contribution in [0, 0.1) is 11.6 Å². The second-order valence-corrected chi connectivity index (χ2v) is 6.63. The van der Waals surface area contributed by atoms with E-state index in [0.29, 0.717) is 6.42 Å². The third kappa shape index (κ3) is 3.65. The molecule has 1 aromatic heterocycles. The minimum absolute atomic E-state index is 0.0228. The van der Waals surface area contributed by atoms with E-state index in [-0.39, 0.29) is 17.6 Å². The van der Waals surface area contributed by atoms with Gasteiger partial charge in [-0.25, -0.2) is 8.78 Å². The van der Waals surface area contributed by atoms with Gasteiger partial charge >= 0.3 is 0 Å². The first kappa shape index (κ1) is 15.6. The van der Waals surface area contributed by atoms with Gasteiger partial charge in [-0.15, -0.1) is 11.3 Å². The van der Waals surface area contributed by atoms with Gasteiger partial charge in [0.2, 0.25) is 0 Å². The Morgan fingerprint density at radius 3 is 2.40 bits per heavy atom. The molecule has 0 aliphatic carbocycles. The van der Waals surface area contributed by atoms with Crippen LogP contribution in [0.4, 0.5) is 8.78 Å². The molecule has 0 spiro atoms. The Kier molecular flexibility index (Phi) is 5.29. The minimum atomic E-state index is -0.483. The molecule has 0 aliphatic heterocycles. The lowest BCUT2D eigenvalue weighted by molar-refractivity contribution is 0.460. The van der Waals surface area contributed by atoms with E-state index in [0.717, 1.165) is 4.47 Å². The molecule has 0 saturated heterocycles. The van der Waals surface area contributed by atoms with Gasteiger partial charge in [0.1, 0.15) is 11.6 Å². The van der Waals surface area contributed by atoms with Gasteiger partial charge < -0.3 is 5.32 Å². The Hall–Kier alpha value is -0.780. The highest BCUT2D eigenvalue weighted by molar-refractivity contribution is 9.10. The van der Waals surface area contributed by atoms with Crippen molar-refractivity contribution in [2.75, 3.05) is 0 Å². The highest BCUT2D eigenvalue weighted by atomic mass is 79.9. The molecule has 108 valence electrons. The maximum absolute atomic E-state index is 13.6. The Balaban J connectivity index is 2.02. The molecule has 0 bridgehead atoms. The molecule has 5 heteroatoms. The van der Waals surface area contributed by atoms with Crippen molar-refractivity contribution in [3.63, 3.8) is 0 Å². The van der Waals surface area contributed by atoms with Crippen LogP contribution in [0.5, 0.6) is 0 Å². The van der Waals surface area contributed by atoms with Crippen molar-refractivity contribution in [3.05, 3.63) is 56.2 Å². The maximum atomic E-state index is 13.6. The van der Waals surface area contributed by atoms with Crippen LogP contribution in [-0.2, 0) is 6.42 Å². The molecule has 2 rings (SSSR count). The molecule has 0 saturated carbocycles. The van der Waals surface area contributed by atoms with Crippen molar-refractivity contribution >= 4 is 27.3 Å². The standard InChI is InChI=1S/C15H16BrF2NS/c1-9(8-11-13(17)4-3-5-14(11)18)19-10(2)15-12(16)6-7-20-15/h3-7,9-10,19H,8H2,1-2H3. The first-order chi connectivity index (χ1) is 9.49. The summed E-state index contributed by atoms with van der Waals surface area (Å²) < 4.78 is 28.3. The number of benzene rings is 1. The van der Waals surface area contributed by atoms with Crippen LogP contribution in [-0.4, -0.2) is 6.04 Å². The van der Waals surface area contributed by atoms with E-state index in [9.17, 15) is 8.78 Å². The van der Waals surface area contributed by atoms with Gasteiger partial charge in [-0.1, -0.05) is 6.07 Å². The lowest BCUT2D eigenvalue weighted by atomic mass is 10.0. The van der Waals surface area contributed by atoms with Gasteiger partial charge in [0.25, 0.3) is 0 Å². The summed E-state index contributed by atoms with van der Waals surface area (Å²) in [6, 6.07) is 6.09. The molecule has 0 radical (unpaired) electrons. The zero-order valence-corrected chi connectivity index (χ0v) is 13.7. The summed E-state index contributed by atoms with van der Waals surface area (Å²) in [7, 11) is 0. The molecule has 1 heterocycles. The third-order valence-electron chi connectivity index (χ3n) is 3.14. The lowest BCUT2D eigenvalue weighted by Gasteiger charge is -2.20. The fourth-order valence-corrected chi connectivity index (χ4v) is 3.94. The summed E-state index contributed by atoms with van der Waals surface area (Å²) >= 11 is 5.15. The number of hydrogen-bond donors (Lipinski definition) is 1. The first-order valence-corrected chi connectivity index (χ1v) is 8.08. The Morgan fingerprint density at radius 1 is 1.20 bits per heavy atom. The number of thiophene rings is 1. The average Bonchev–Trinajstić information content (AvgIpc) is 2.80. The number of halogens is 3. The van der Waals surface area contributed by atoms with Crippen LogP contribution in [0.3, 0.4) is 0 Å². The van der Waals surface area contributed by atoms with Crippen molar-refractivity contribution in [1.82, 2.24) is 5.32 Å². The molecule has 0 amide bonds. The van der Waals surface area contributed by atoms with E-state index in [1.54, 1.807) is 11.3 Å². The van der Waals surface area contributed by atoms with E-state index in [1.807, 2.05) is 25.3 Å². The van der Waals surface area contributed by atoms with Crippen LogP contribution in [0.2, 0.25) is 0 Å². The van der Waals surface area contributed by atoms with Crippen molar-refractivity contribution in [2.45, 2.75) is 32.4 Å². The first-order valence-electron chi connectivity index (χ1n) is 6.41. The van der Waals surface area contributed by atoms with Crippen molar-refractivity contribution in [3.8, 4) is 0 Å². The van der Waals surface area contributed by atoms with Gasteiger partial charge in [0.15, 0.2) is 0 Å². The molecule has 2 atom stereocenters. The fourth-order valence-electron chi connectivity index (χ4n) is 2.21. The molecule has 0 fully saturated rings. The predicted molar refractivity (Wildman–Crippen MR) is 83.1 cm³/mol. The minimum Gasteiger partial charge on any atom is -0.307 e. The highest BCUT2D eigenvalue weighted by Gasteiger charge is 2.16. The molecular weight excluding hydrogens is 344 g/mol. The summed E-state index contributed by atoms with van der Waals surface area (Å²) in [5.74, 6) is -0.966. The van der Waals surface area contributed by atoms with Crippen LogP contribution in [0.25, 0.3) is 0 Å². The molecular formula is C15H16BrF2NS. The van der Waals surface area contributed by atoms with Crippen LogP contribution in [0.1, 0.15) is 30.3 Å². The maximum Gasteiger partial charge on any atom is 0.129 e. The largest absolute Gasteiger partial charge is 0.307 e. The summed E-state index contributed by atoms with van der Waals surface area (Å²) in [5, 5.41) is 5.39. The Morgan fingerprint density at radius 2 is 1.85 bits per heavy atom. The monoisotopic (exact) mass is 359 g/mol. The van der Waals surface area contributed by atoms with Gasteiger partial charge in [-0.3, -0.25) is 0 Å². The van der Waals surface area contributed by atoms with Gasteiger partial charge in [-0.05, 0) is 59.8 Å². The molecule has 1 nitrogen and oxygen atoms in total. The summed E-state index contributed by atoms with van der Waals surface area (Å²) in [6.07, 6.45) is 0.325. The normalized spacial score (nSPS) is 14.2. The highest BCUT2D eigenvalue weighted by Crippen LogP contribution is 2.29. The van der Waals surface area contributed by atoms with Gasteiger partial charge in [-0.2, -0.15) is 0 Å². The zero-order valence-electron chi connectivity index (χ0n) is 11.3. The van der Waals surface area contributed by atoms with E-state index in [2.05, 4.69) is 21.2 Å². The molecule has 2 unspecified atom stereocenters. The molecule has 0 aliphatic rings. The predicted octanol–water partition coefficient (Wildman–Crippen LogP) is 5.07. The third-order valence-corrected chi connectivity index (χ3v) is 5.20. The smallest absolute Gasteiger partial charge is 0.129 e. The molecule has 2 aromatic rings. The Bertz CT molecular complexity index is 565. The molecule has 1 aromatic carbocycles. The average molecular weight is 360 g/mol. The quantitative estimate of drug-likeness (QED) is 0.785. The van der Waals surface area contributed by atoms with Crippen LogP contribution >= 0.6 is 27.3 Å². The van der Waals surface area contributed by atoms with Crippen LogP contribution < -0.4 is 5.32 Å². The second-order valence-electron chi connectivity index (χ2n) is 4.83. The van der Waals surface area contributed by atoms with E-state index < -0.39 is 11.6 Å². The van der Waals surface area contributed by atoms with E-state index in [4.69, 9.17) is 0 Å². The summed E-state index contributed by atoms with van der Waals surface area (Å²) in [4.78, 5) is 1.19. The van der Waals surface area contributed by atoms with E-state index in [1.165, 1.54) is 23.1 Å². The SMILES string of the molecule is CC(Cc1c(F)cccc1F)NC(C)c1sccc1Br. The van der Waals surface area contributed by atoms with Gasteiger partial charge in [0.05, 0.1) is 0 Å². The summed E-state index contributed by atoms with van der Waals surface area (Å²) in [5.41, 5.74) is 0.143. The number of rotatable bonds is 5. The fraction of sp³-hybridized carbons (Fsp3) is 0.333. The topological polar surface area (TPSA) is 12.0 Å². The van der Waals surface area contributed by atoms with Crippen LogP contribution in [0.15, 0.2) is 34.1 Å². The molecule has 1 N–H and O–H groups in total. The molecule has 20 heavy (non-hydrogen) atoms. The van der Waals surface area contributed by atoms with Crippen molar-refractivity contribution in [1.29, 1.82) is 0 Å². The van der Waals surface area contributed by atoms with E-state index >= 15 is 0 Å². The van der Waals surface area contributed by atoms with Gasteiger partial charge in [0, 0.05) is 27.0 Å². The second kappa shape index (κ2) is 6.78. The zero-order chi connectivity index (χ0) is 14.7. The number of nitrogens with one attached hydrogen (secondary N) is 1. The van der Waals surface area contributed by atoms with Crippen molar-refractivity contribution < 1.29 is 8.78 Å². The van der Waals surface area contributed by atoms with Crippen molar-refractivity contribution in [2.24, 2.45) is 0 Å².